The molecule has 1 fully saturated rings. The summed E-state index contributed by atoms with van der Waals surface area (Å²) < 4.78 is 6.85. The Morgan fingerprint density at radius 1 is 1.28 bits per heavy atom. The number of hydrogen-bond acceptors (Lipinski definition) is 4. The third-order valence-corrected chi connectivity index (χ3v) is 5.72. The first-order chi connectivity index (χ1) is 12.1. The molecule has 1 atom stereocenters. The van der Waals surface area contributed by atoms with Crippen molar-refractivity contribution < 1.29 is 9.53 Å². The quantitative estimate of drug-likeness (QED) is 0.516. The Balaban J connectivity index is 1.46. The van der Waals surface area contributed by atoms with Crippen LogP contribution in [0.2, 0.25) is 5.02 Å². The van der Waals surface area contributed by atoms with E-state index in [1.807, 2.05) is 49.4 Å². The Bertz CT molecular complexity index is 915. The van der Waals surface area contributed by atoms with Crippen LogP contribution in [0, 0.1) is 5.92 Å². The molecule has 0 aliphatic heterocycles. The van der Waals surface area contributed by atoms with Crippen LogP contribution in [0.25, 0.3) is 10.2 Å². The van der Waals surface area contributed by atoms with Gasteiger partial charge in [0, 0.05) is 17.4 Å². The molecule has 0 bridgehead atoms. The maximum Gasteiger partial charge on any atom is 0.279 e. The summed E-state index contributed by atoms with van der Waals surface area (Å²) in [5.41, 5.74) is 1.91. The molecule has 1 aromatic heterocycles. The van der Waals surface area contributed by atoms with Gasteiger partial charge in [-0.2, -0.15) is 0 Å². The van der Waals surface area contributed by atoms with Crippen LogP contribution in [0.3, 0.4) is 0 Å². The second-order valence-electron chi connectivity index (χ2n) is 6.60. The van der Waals surface area contributed by atoms with E-state index >= 15 is 0 Å². The van der Waals surface area contributed by atoms with E-state index in [9.17, 15) is 4.79 Å². The second kappa shape index (κ2) is 6.77. The molecular formula is C20H18ClNO2S. The van der Waals surface area contributed by atoms with Crippen LogP contribution in [0.1, 0.15) is 37.7 Å². The van der Waals surface area contributed by atoms with Crippen LogP contribution in [0.5, 0.6) is 10.9 Å². The van der Waals surface area contributed by atoms with E-state index in [1.54, 1.807) is 0 Å². The van der Waals surface area contributed by atoms with Gasteiger partial charge in [0.25, 0.3) is 5.19 Å². The Kier molecular flexibility index (Phi) is 4.48. The van der Waals surface area contributed by atoms with Gasteiger partial charge in [0.05, 0.1) is 10.2 Å². The molecule has 3 nitrogen and oxygen atoms in total. The number of carbonyl (C=O) groups excluding carboxylic acids is 1. The lowest BCUT2D eigenvalue weighted by Gasteiger charge is -2.11. The summed E-state index contributed by atoms with van der Waals surface area (Å²) in [6.45, 7) is 1.98. The molecule has 1 aliphatic rings. The van der Waals surface area contributed by atoms with E-state index in [2.05, 4.69) is 4.98 Å². The van der Waals surface area contributed by atoms with Crippen molar-refractivity contribution in [2.75, 3.05) is 0 Å². The fourth-order valence-corrected chi connectivity index (χ4v) is 3.93. The lowest BCUT2D eigenvalue weighted by atomic mass is 9.94. The highest BCUT2D eigenvalue weighted by Crippen LogP contribution is 2.36. The zero-order valence-electron chi connectivity index (χ0n) is 13.9. The van der Waals surface area contributed by atoms with Crippen LogP contribution < -0.4 is 4.74 Å². The van der Waals surface area contributed by atoms with Crippen molar-refractivity contribution in [1.82, 2.24) is 4.98 Å². The van der Waals surface area contributed by atoms with Gasteiger partial charge < -0.3 is 4.74 Å². The molecular weight excluding hydrogens is 354 g/mol. The number of rotatable bonds is 6. The number of halogens is 1. The molecule has 4 rings (SSSR count). The standard InChI is InChI=1S/C20H18ClNO2S/c1-12(18(23)10-13-2-3-13)14-4-7-16(8-5-14)24-20-22-17-9-6-15(21)11-19(17)25-20/h4-9,11-13H,2-3,10H2,1H3. The molecule has 0 N–H and O–H groups in total. The summed E-state index contributed by atoms with van der Waals surface area (Å²) in [7, 11) is 0. The minimum Gasteiger partial charge on any atom is -0.431 e. The van der Waals surface area contributed by atoms with Crippen molar-refractivity contribution in [3.8, 4) is 10.9 Å². The third kappa shape index (κ3) is 3.86. The van der Waals surface area contributed by atoms with Gasteiger partial charge >= 0.3 is 0 Å². The predicted molar refractivity (Wildman–Crippen MR) is 102 cm³/mol. The monoisotopic (exact) mass is 371 g/mol. The van der Waals surface area contributed by atoms with E-state index in [0.717, 1.165) is 21.5 Å². The molecule has 25 heavy (non-hydrogen) atoms. The highest BCUT2D eigenvalue weighted by molar-refractivity contribution is 7.20. The Morgan fingerprint density at radius 3 is 2.76 bits per heavy atom. The van der Waals surface area contributed by atoms with Gasteiger partial charge in [-0.05, 0) is 54.7 Å². The second-order valence-corrected chi connectivity index (χ2v) is 8.03. The Labute approximate surface area is 155 Å². The topological polar surface area (TPSA) is 39.2 Å². The van der Waals surface area contributed by atoms with Gasteiger partial charge in [-0.3, -0.25) is 4.79 Å². The summed E-state index contributed by atoms with van der Waals surface area (Å²) >= 11 is 7.47. The number of ketones is 1. The van der Waals surface area contributed by atoms with E-state index in [1.165, 1.54) is 24.2 Å². The number of benzene rings is 2. The number of thiazole rings is 1. The van der Waals surface area contributed by atoms with Gasteiger partial charge in [-0.15, -0.1) is 0 Å². The van der Waals surface area contributed by atoms with Crippen molar-refractivity contribution >= 4 is 38.9 Å². The minimum atomic E-state index is -0.0563. The molecule has 0 saturated heterocycles. The van der Waals surface area contributed by atoms with Gasteiger partial charge in [0.15, 0.2) is 0 Å². The number of nitrogens with zero attached hydrogens (tertiary/aromatic N) is 1. The molecule has 5 heteroatoms. The van der Waals surface area contributed by atoms with Gasteiger partial charge in [0.2, 0.25) is 0 Å². The molecule has 2 aromatic carbocycles. The van der Waals surface area contributed by atoms with Gasteiger partial charge in [0.1, 0.15) is 11.5 Å². The van der Waals surface area contributed by atoms with Crippen LogP contribution in [-0.2, 0) is 4.79 Å². The van der Waals surface area contributed by atoms with Crippen molar-refractivity contribution in [3.05, 3.63) is 53.1 Å². The molecule has 1 unspecified atom stereocenters. The average Bonchev–Trinajstić information content (AvgIpc) is 3.32. The molecule has 1 heterocycles. The zero-order chi connectivity index (χ0) is 17.4. The number of aromatic nitrogens is 1. The summed E-state index contributed by atoms with van der Waals surface area (Å²) in [5.74, 6) is 1.62. The highest BCUT2D eigenvalue weighted by Gasteiger charge is 2.27. The Morgan fingerprint density at radius 2 is 2.04 bits per heavy atom. The highest BCUT2D eigenvalue weighted by atomic mass is 35.5. The largest absolute Gasteiger partial charge is 0.431 e. The summed E-state index contributed by atoms with van der Waals surface area (Å²) in [5, 5.41) is 1.28. The van der Waals surface area contributed by atoms with E-state index in [0.29, 0.717) is 28.3 Å². The fraction of sp³-hybridized carbons (Fsp3) is 0.300. The molecule has 1 aliphatic carbocycles. The van der Waals surface area contributed by atoms with Gasteiger partial charge in [-0.1, -0.05) is 42.0 Å². The molecule has 3 aromatic rings. The number of Topliss-reactive ketones (excluding diaryl/α,β-unsaturated/α-hetero) is 1. The van der Waals surface area contributed by atoms with Crippen LogP contribution in [0.4, 0.5) is 0 Å². The summed E-state index contributed by atoms with van der Waals surface area (Å²) in [6.07, 6.45) is 3.13. The first-order valence-corrected chi connectivity index (χ1v) is 9.64. The number of fused-ring (bicyclic) bond motifs is 1. The molecule has 128 valence electrons. The minimum absolute atomic E-state index is 0.0563. The number of ether oxygens (including phenoxy) is 1. The third-order valence-electron chi connectivity index (χ3n) is 4.59. The SMILES string of the molecule is CC(C(=O)CC1CC1)c1ccc(Oc2nc3ccc(Cl)cc3s2)cc1. The number of hydrogen-bond donors (Lipinski definition) is 0. The van der Waals surface area contributed by atoms with E-state index < -0.39 is 0 Å². The van der Waals surface area contributed by atoms with Crippen molar-refractivity contribution in [1.29, 1.82) is 0 Å². The predicted octanol–water partition coefficient (Wildman–Crippen LogP) is 6.21. The van der Waals surface area contributed by atoms with Crippen LogP contribution >= 0.6 is 22.9 Å². The average molecular weight is 372 g/mol. The molecule has 1 saturated carbocycles. The first kappa shape index (κ1) is 16.6. The van der Waals surface area contributed by atoms with Crippen molar-refractivity contribution in [2.24, 2.45) is 5.92 Å². The molecule has 0 amide bonds. The van der Waals surface area contributed by atoms with Crippen molar-refractivity contribution in [2.45, 2.75) is 32.1 Å². The lowest BCUT2D eigenvalue weighted by Crippen LogP contribution is -2.09. The fourth-order valence-electron chi connectivity index (χ4n) is 2.82. The van der Waals surface area contributed by atoms with Crippen LogP contribution in [0.15, 0.2) is 42.5 Å². The zero-order valence-corrected chi connectivity index (χ0v) is 15.4. The number of carbonyl (C=O) groups is 1. The molecule has 0 radical (unpaired) electrons. The lowest BCUT2D eigenvalue weighted by molar-refractivity contribution is -0.120. The molecule has 0 spiro atoms. The van der Waals surface area contributed by atoms with Crippen LogP contribution in [-0.4, -0.2) is 10.8 Å². The summed E-state index contributed by atoms with van der Waals surface area (Å²) in [6, 6.07) is 13.3. The summed E-state index contributed by atoms with van der Waals surface area (Å²) in [4.78, 5) is 16.7. The maximum atomic E-state index is 12.2. The van der Waals surface area contributed by atoms with E-state index in [-0.39, 0.29) is 5.92 Å². The Hall–Kier alpha value is -1.91. The van der Waals surface area contributed by atoms with E-state index in [4.69, 9.17) is 16.3 Å². The van der Waals surface area contributed by atoms with Gasteiger partial charge in [-0.25, -0.2) is 4.98 Å². The smallest absolute Gasteiger partial charge is 0.279 e. The first-order valence-electron chi connectivity index (χ1n) is 8.45. The normalized spacial score (nSPS) is 15.3. The maximum absolute atomic E-state index is 12.2. The van der Waals surface area contributed by atoms with Crippen molar-refractivity contribution in [3.63, 3.8) is 0 Å².